The second kappa shape index (κ2) is 5.66. The molecule has 88 valence electrons. The van der Waals surface area contributed by atoms with Gasteiger partial charge in [0, 0.05) is 12.0 Å². The van der Waals surface area contributed by atoms with Crippen LogP contribution in [0.3, 0.4) is 0 Å². The molecule has 0 fully saturated rings. The van der Waals surface area contributed by atoms with Gasteiger partial charge in [0.05, 0.1) is 6.42 Å². The van der Waals surface area contributed by atoms with E-state index in [1.807, 2.05) is 44.2 Å². The molecule has 2 atom stereocenters. The molecule has 0 bridgehead atoms. The molecule has 0 aliphatic carbocycles. The van der Waals surface area contributed by atoms with E-state index in [2.05, 4.69) is 0 Å². The maximum atomic E-state index is 10.9. The standard InChI is InChI=1S/C13H19NO2/c1-9(2)13(14)11(8-12(15)16)10-6-4-3-5-7-10/h3-7,9,11,13H,8,14H2,1-2H3,(H,15,16)/t11-,13+/m0/s1. The highest BCUT2D eigenvalue weighted by Gasteiger charge is 2.24. The summed E-state index contributed by atoms with van der Waals surface area (Å²) >= 11 is 0. The topological polar surface area (TPSA) is 63.3 Å². The molecule has 0 aromatic heterocycles. The van der Waals surface area contributed by atoms with Crippen molar-refractivity contribution in [2.75, 3.05) is 0 Å². The van der Waals surface area contributed by atoms with Gasteiger partial charge >= 0.3 is 5.97 Å². The van der Waals surface area contributed by atoms with E-state index in [0.29, 0.717) is 0 Å². The van der Waals surface area contributed by atoms with E-state index in [0.717, 1.165) is 5.56 Å². The van der Waals surface area contributed by atoms with Crippen molar-refractivity contribution >= 4 is 5.97 Å². The number of aliphatic carboxylic acids is 1. The van der Waals surface area contributed by atoms with Crippen LogP contribution in [0, 0.1) is 5.92 Å². The summed E-state index contributed by atoms with van der Waals surface area (Å²) < 4.78 is 0. The number of benzene rings is 1. The van der Waals surface area contributed by atoms with Gasteiger partial charge in [0.25, 0.3) is 0 Å². The van der Waals surface area contributed by atoms with Gasteiger partial charge in [-0.25, -0.2) is 0 Å². The average molecular weight is 221 g/mol. The molecule has 0 saturated carbocycles. The Labute approximate surface area is 96.3 Å². The summed E-state index contributed by atoms with van der Waals surface area (Å²) in [6, 6.07) is 9.50. The number of carboxylic acids is 1. The van der Waals surface area contributed by atoms with Crippen LogP contribution in [0.5, 0.6) is 0 Å². The first-order chi connectivity index (χ1) is 7.52. The SMILES string of the molecule is CC(C)[C@@H](N)[C@@H](CC(=O)O)c1ccccc1. The van der Waals surface area contributed by atoms with Crippen LogP contribution in [-0.4, -0.2) is 17.1 Å². The Hall–Kier alpha value is -1.35. The Morgan fingerprint density at radius 2 is 1.88 bits per heavy atom. The Bertz CT molecular complexity index is 335. The van der Waals surface area contributed by atoms with Crippen LogP contribution in [0.25, 0.3) is 0 Å². The first kappa shape index (κ1) is 12.7. The Kier molecular flexibility index (Phi) is 4.50. The molecule has 0 radical (unpaired) electrons. The van der Waals surface area contributed by atoms with E-state index in [4.69, 9.17) is 10.8 Å². The Balaban J connectivity index is 2.91. The molecular formula is C13H19NO2. The van der Waals surface area contributed by atoms with E-state index in [9.17, 15) is 4.79 Å². The number of carbonyl (C=O) groups is 1. The molecule has 0 aliphatic heterocycles. The van der Waals surface area contributed by atoms with Crippen molar-refractivity contribution < 1.29 is 9.90 Å². The van der Waals surface area contributed by atoms with Gasteiger partial charge in [-0.1, -0.05) is 44.2 Å². The van der Waals surface area contributed by atoms with Gasteiger partial charge in [0.1, 0.15) is 0 Å². The van der Waals surface area contributed by atoms with Crippen molar-refractivity contribution in [3.05, 3.63) is 35.9 Å². The Morgan fingerprint density at radius 3 is 2.31 bits per heavy atom. The normalized spacial score (nSPS) is 14.8. The van der Waals surface area contributed by atoms with Crippen molar-refractivity contribution in [1.82, 2.24) is 0 Å². The number of hydrogen-bond acceptors (Lipinski definition) is 2. The molecule has 0 amide bonds. The molecule has 1 rings (SSSR count). The summed E-state index contributed by atoms with van der Waals surface area (Å²) in [5.41, 5.74) is 7.08. The highest BCUT2D eigenvalue weighted by Crippen LogP contribution is 2.26. The lowest BCUT2D eigenvalue weighted by atomic mass is 9.83. The minimum atomic E-state index is -0.801. The molecule has 3 heteroatoms. The zero-order valence-corrected chi connectivity index (χ0v) is 9.76. The third-order valence-corrected chi connectivity index (χ3v) is 2.86. The zero-order chi connectivity index (χ0) is 12.1. The molecule has 0 aliphatic rings. The number of rotatable bonds is 5. The van der Waals surface area contributed by atoms with E-state index in [1.54, 1.807) is 0 Å². The highest BCUT2D eigenvalue weighted by molar-refractivity contribution is 5.68. The number of nitrogens with two attached hydrogens (primary N) is 1. The van der Waals surface area contributed by atoms with Crippen LogP contribution in [-0.2, 0) is 4.79 Å². The van der Waals surface area contributed by atoms with Crippen LogP contribution < -0.4 is 5.73 Å². The van der Waals surface area contributed by atoms with Crippen molar-refractivity contribution in [2.45, 2.75) is 32.2 Å². The largest absolute Gasteiger partial charge is 0.481 e. The minimum Gasteiger partial charge on any atom is -0.481 e. The first-order valence-corrected chi connectivity index (χ1v) is 5.54. The summed E-state index contributed by atoms with van der Waals surface area (Å²) in [6.07, 6.45) is 0.0867. The monoisotopic (exact) mass is 221 g/mol. The molecule has 0 unspecified atom stereocenters. The molecule has 3 nitrogen and oxygen atoms in total. The molecule has 16 heavy (non-hydrogen) atoms. The van der Waals surface area contributed by atoms with Crippen LogP contribution in [0.4, 0.5) is 0 Å². The fraction of sp³-hybridized carbons (Fsp3) is 0.462. The van der Waals surface area contributed by atoms with Gasteiger partial charge in [-0.3, -0.25) is 4.79 Å². The van der Waals surface area contributed by atoms with Crippen molar-refractivity contribution in [1.29, 1.82) is 0 Å². The predicted molar refractivity (Wildman–Crippen MR) is 64.2 cm³/mol. The summed E-state index contributed by atoms with van der Waals surface area (Å²) in [5, 5.41) is 8.92. The maximum Gasteiger partial charge on any atom is 0.304 e. The fourth-order valence-corrected chi connectivity index (χ4v) is 1.83. The van der Waals surface area contributed by atoms with Crippen LogP contribution in [0.2, 0.25) is 0 Å². The van der Waals surface area contributed by atoms with Gasteiger partial charge in [0.15, 0.2) is 0 Å². The smallest absolute Gasteiger partial charge is 0.304 e. The molecule has 3 N–H and O–H groups in total. The summed E-state index contributed by atoms with van der Waals surface area (Å²) in [4.78, 5) is 10.9. The van der Waals surface area contributed by atoms with Crippen molar-refractivity contribution in [3.63, 3.8) is 0 Å². The molecule has 0 saturated heterocycles. The van der Waals surface area contributed by atoms with Gasteiger partial charge in [0.2, 0.25) is 0 Å². The van der Waals surface area contributed by atoms with Crippen molar-refractivity contribution in [3.8, 4) is 0 Å². The maximum absolute atomic E-state index is 10.9. The van der Waals surface area contributed by atoms with E-state index in [-0.39, 0.29) is 24.3 Å². The van der Waals surface area contributed by atoms with Gasteiger partial charge < -0.3 is 10.8 Å². The third kappa shape index (κ3) is 3.35. The zero-order valence-electron chi connectivity index (χ0n) is 9.76. The second-order valence-corrected chi connectivity index (χ2v) is 4.44. The Morgan fingerprint density at radius 1 is 1.31 bits per heavy atom. The minimum absolute atomic E-state index is 0.0867. The summed E-state index contributed by atoms with van der Waals surface area (Å²) in [7, 11) is 0. The first-order valence-electron chi connectivity index (χ1n) is 5.54. The third-order valence-electron chi connectivity index (χ3n) is 2.86. The van der Waals surface area contributed by atoms with E-state index in [1.165, 1.54) is 0 Å². The average Bonchev–Trinajstić information content (AvgIpc) is 2.26. The molecule has 1 aromatic rings. The summed E-state index contributed by atoms with van der Waals surface area (Å²) in [5.74, 6) is -0.645. The highest BCUT2D eigenvalue weighted by atomic mass is 16.4. The van der Waals surface area contributed by atoms with Gasteiger partial charge in [-0.15, -0.1) is 0 Å². The lowest BCUT2D eigenvalue weighted by molar-refractivity contribution is -0.137. The lowest BCUT2D eigenvalue weighted by Crippen LogP contribution is -2.34. The molecule has 0 heterocycles. The molecule has 1 aromatic carbocycles. The van der Waals surface area contributed by atoms with E-state index < -0.39 is 5.97 Å². The predicted octanol–water partition coefficient (Wildman–Crippen LogP) is 2.23. The fourth-order valence-electron chi connectivity index (χ4n) is 1.83. The molecule has 0 spiro atoms. The number of hydrogen-bond donors (Lipinski definition) is 2. The van der Waals surface area contributed by atoms with Gasteiger partial charge in [-0.05, 0) is 11.5 Å². The quantitative estimate of drug-likeness (QED) is 0.801. The molecular weight excluding hydrogens is 202 g/mol. The number of carboxylic acid groups (broad SMARTS) is 1. The van der Waals surface area contributed by atoms with E-state index >= 15 is 0 Å². The lowest BCUT2D eigenvalue weighted by Gasteiger charge is -2.26. The van der Waals surface area contributed by atoms with Crippen LogP contribution in [0.15, 0.2) is 30.3 Å². The second-order valence-electron chi connectivity index (χ2n) is 4.44. The van der Waals surface area contributed by atoms with Crippen LogP contribution >= 0.6 is 0 Å². The van der Waals surface area contributed by atoms with Crippen molar-refractivity contribution in [2.24, 2.45) is 11.7 Å². The van der Waals surface area contributed by atoms with Crippen LogP contribution in [0.1, 0.15) is 31.7 Å². The summed E-state index contributed by atoms with van der Waals surface area (Å²) in [6.45, 7) is 4.03. The van der Waals surface area contributed by atoms with Gasteiger partial charge in [-0.2, -0.15) is 0 Å².